The molecule has 0 aliphatic rings. The number of nitrogens with two attached hydrogens (primary N) is 1. The number of hydrogen-bond donors (Lipinski definition) is 2. The standard InChI is InChI=1S/C10H8F2N4O2S/c11-6-1-2-7(9(12)10(6)13)19(17,18)16-8-5-14-3-4-15-8/h1-5H,13H2,(H,15,16). The molecule has 3 N–H and O–H groups in total. The van der Waals surface area contributed by atoms with Crippen LogP contribution in [0.3, 0.4) is 0 Å². The van der Waals surface area contributed by atoms with Crippen LogP contribution in [-0.4, -0.2) is 18.4 Å². The minimum absolute atomic E-state index is 0.0928. The van der Waals surface area contributed by atoms with Gasteiger partial charge in [-0.05, 0) is 12.1 Å². The van der Waals surface area contributed by atoms with Gasteiger partial charge >= 0.3 is 0 Å². The van der Waals surface area contributed by atoms with Crippen molar-refractivity contribution in [2.24, 2.45) is 0 Å². The fourth-order valence-electron chi connectivity index (χ4n) is 1.30. The van der Waals surface area contributed by atoms with Gasteiger partial charge in [-0.2, -0.15) is 0 Å². The molecule has 2 rings (SSSR count). The number of rotatable bonds is 3. The first-order chi connectivity index (χ1) is 8.92. The third-order valence-electron chi connectivity index (χ3n) is 2.18. The van der Waals surface area contributed by atoms with Gasteiger partial charge in [-0.15, -0.1) is 0 Å². The molecular formula is C10H8F2N4O2S. The van der Waals surface area contributed by atoms with E-state index in [4.69, 9.17) is 5.73 Å². The molecule has 1 aromatic heterocycles. The van der Waals surface area contributed by atoms with E-state index < -0.39 is 32.2 Å². The topological polar surface area (TPSA) is 98.0 Å². The van der Waals surface area contributed by atoms with E-state index in [0.717, 1.165) is 18.3 Å². The normalized spacial score (nSPS) is 11.3. The molecule has 0 bridgehead atoms. The lowest BCUT2D eigenvalue weighted by Crippen LogP contribution is -2.16. The summed E-state index contributed by atoms with van der Waals surface area (Å²) < 4.78 is 52.4. The predicted octanol–water partition coefficient (Wildman–Crippen LogP) is 1.14. The molecule has 0 aliphatic carbocycles. The highest BCUT2D eigenvalue weighted by molar-refractivity contribution is 7.92. The lowest BCUT2D eigenvalue weighted by atomic mass is 10.3. The molecule has 6 nitrogen and oxygen atoms in total. The van der Waals surface area contributed by atoms with Crippen molar-refractivity contribution in [1.29, 1.82) is 0 Å². The van der Waals surface area contributed by atoms with Gasteiger partial charge in [-0.1, -0.05) is 0 Å². The number of anilines is 2. The molecule has 0 spiro atoms. The Hall–Kier alpha value is -2.29. The summed E-state index contributed by atoms with van der Waals surface area (Å²) >= 11 is 0. The highest BCUT2D eigenvalue weighted by Gasteiger charge is 2.23. The zero-order valence-electron chi connectivity index (χ0n) is 9.34. The van der Waals surface area contributed by atoms with E-state index in [9.17, 15) is 17.2 Å². The van der Waals surface area contributed by atoms with Gasteiger partial charge in [0.2, 0.25) is 0 Å². The summed E-state index contributed by atoms with van der Waals surface area (Å²) in [4.78, 5) is 6.56. The van der Waals surface area contributed by atoms with Crippen LogP contribution in [0.15, 0.2) is 35.6 Å². The average molecular weight is 286 g/mol. The Morgan fingerprint density at radius 1 is 1.21 bits per heavy atom. The Morgan fingerprint density at radius 3 is 2.58 bits per heavy atom. The maximum absolute atomic E-state index is 13.6. The Balaban J connectivity index is 2.44. The summed E-state index contributed by atoms with van der Waals surface area (Å²) in [6.45, 7) is 0. The fourth-order valence-corrected chi connectivity index (χ4v) is 2.39. The highest BCUT2D eigenvalue weighted by atomic mass is 32.2. The van der Waals surface area contributed by atoms with Crippen LogP contribution in [0.2, 0.25) is 0 Å². The second-order valence-corrected chi connectivity index (χ2v) is 5.12. The van der Waals surface area contributed by atoms with Crippen molar-refractivity contribution < 1.29 is 17.2 Å². The third-order valence-corrected chi connectivity index (χ3v) is 3.55. The first-order valence-electron chi connectivity index (χ1n) is 4.94. The van der Waals surface area contributed by atoms with Crippen LogP contribution in [0.4, 0.5) is 20.3 Å². The van der Waals surface area contributed by atoms with Crippen LogP contribution in [0.25, 0.3) is 0 Å². The van der Waals surface area contributed by atoms with Crippen LogP contribution >= 0.6 is 0 Å². The molecule has 9 heteroatoms. The highest BCUT2D eigenvalue weighted by Crippen LogP contribution is 2.23. The molecule has 1 aromatic carbocycles. The van der Waals surface area contributed by atoms with Crippen molar-refractivity contribution in [3.05, 3.63) is 42.4 Å². The van der Waals surface area contributed by atoms with Crippen LogP contribution in [0.5, 0.6) is 0 Å². The van der Waals surface area contributed by atoms with Gasteiger partial charge in [0.25, 0.3) is 10.0 Å². The number of halogens is 2. The number of benzene rings is 1. The largest absolute Gasteiger partial charge is 0.394 e. The maximum Gasteiger partial charge on any atom is 0.266 e. The Morgan fingerprint density at radius 2 is 1.95 bits per heavy atom. The molecule has 0 saturated heterocycles. The van der Waals surface area contributed by atoms with Crippen LogP contribution in [0.1, 0.15) is 0 Å². The summed E-state index contributed by atoms with van der Waals surface area (Å²) in [5, 5.41) is 0. The van der Waals surface area contributed by atoms with Gasteiger partial charge in [-0.25, -0.2) is 22.2 Å². The van der Waals surface area contributed by atoms with E-state index in [-0.39, 0.29) is 5.82 Å². The van der Waals surface area contributed by atoms with Crippen molar-refractivity contribution >= 4 is 21.5 Å². The summed E-state index contributed by atoms with van der Waals surface area (Å²) in [7, 11) is -4.26. The molecular weight excluding hydrogens is 278 g/mol. The first kappa shape index (κ1) is 13.1. The molecule has 0 amide bonds. The van der Waals surface area contributed by atoms with E-state index >= 15 is 0 Å². The zero-order chi connectivity index (χ0) is 14.0. The Labute approximate surface area is 107 Å². The van der Waals surface area contributed by atoms with Gasteiger partial charge < -0.3 is 5.73 Å². The number of nitrogens with zero attached hydrogens (tertiary/aromatic N) is 2. The van der Waals surface area contributed by atoms with Crippen LogP contribution < -0.4 is 10.5 Å². The maximum atomic E-state index is 13.6. The van der Waals surface area contributed by atoms with Gasteiger partial charge in [0.05, 0.1) is 6.20 Å². The van der Waals surface area contributed by atoms with Gasteiger partial charge in [-0.3, -0.25) is 9.71 Å². The lowest BCUT2D eigenvalue weighted by Gasteiger charge is -2.09. The van der Waals surface area contributed by atoms with Crippen molar-refractivity contribution in [2.45, 2.75) is 4.90 Å². The fraction of sp³-hybridized carbons (Fsp3) is 0. The first-order valence-corrected chi connectivity index (χ1v) is 6.42. The quantitative estimate of drug-likeness (QED) is 0.824. The number of aromatic nitrogens is 2. The second-order valence-electron chi connectivity index (χ2n) is 3.47. The van der Waals surface area contributed by atoms with E-state index in [2.05, 4.69) is 9.97 Å². The van der Waals surface area contributed by atoms with Crippen molar-refractivity contribution in [3.8, 4) is 0 Å². The molecule has 2 aromatic rings. The number of nitrogens with one attached hydrogen (secondary N) is 1. The van der Waals surface area contributed by atoms with E-state index in [0.29, 0.717) is 0 Å². The number of nitrogen functional groups attached to an aromatic ring is 1. The van der Waals surface area contributed by atoms with Crippen molar-refractivity contribution in [2.75, 3.05) is 10.5 Å². The molecule has 0 atom stereocenters. The Kier molecular flexibility index (Phi) is 3.30. The smallest absolute Gasteiger partial charge is 0.266 e. The number of hydrogen-bond acceptors (Lipinski definition) is 5. The van der Waals surface area contributed by atoms with E-state index in [1.54, 1.807) is 0 Å². The molecule has 1 heterocycles. The minimum Gasteiger partial charge on any atom is -0.394 e. The molecule has 0 saturated carbocycles. The summed E-state index contributed by atoms with van der Waals surface area (Å²) in [6.07, 6.45) is 3.74. The molecule has 0 aliphatic heterocycles. The minimum atomic E-state index is -4.26. The lowest BCUT2D eigenvalue weighted by molar-refractivity contribution is 0.557. The van der Waals surface area contributed by atoms with E-state index in [1.807, 2.05) is 4.72 Å². The van der Waals surface area contributed by atoms with E-state index in [1.165, 1.54) is 12.4 Å². The second kappa shape index (κ2) is 4.76. The molecule has 100 valence electrons. The molecule has 0 fully saturated rings. The predicted molar refractivity (Wildman–Crippen MR) is 63.6 cm³/mol. The number of sulfonamides is 1. The Bertz CT molecular complexity index is 707. The summed E-state index contributed by atoms with van der Waals surface area (Å²) in [6, 6.07) is 1.55. The SMILES string of the molecule is Nc1c(F)ccc(S(=O)(=O)Nc2cnccn2)c1F. The van der Waals surface area contributed by atoms with Gasteiger partial charge in [0, 0.05) is 12.4 Å². The average Bonchev–Trinajstić information content (AvgIpc) is 2.36. The monoisotopic (exact) mass is 286 g/mol. The zero-order valence-corrected chi connectivity index (χ0v) is 10.2. The van der Waals surface area contributed by atoms with Crippen molar-refractivity contribution in [3.63, 3.8) is 0 Å². The van der Waals surface area contributed by atoms with Crippen LogP contribution in [0, 0.1) is 11.6 Å². The van der Waals surface area contributed by atoms with Crippen molar-refractivity contribution in [1.82, 2.24) is 9.97 Å². The van der Waals surface area contributed by atoms with Gasteiger partial charge in [0.1, 0.15) is 16.4 Å². The van der Waals surface area contributed by atoms with Gasteiger partial charge in [0.15, 0.2) is 11.6 Å². The van der Waals surface area contributed by atoms with Crippen LogP contribution in [-0.2, 0) is 10.0 Å². The molecule has 19 heavy (non-hydrogen) atoms. The summed E-state index contributed by atoms with van der Waals surface area (Å²) in [5.74, 6) is -2.47. The molecule has 0 unspecified atom stereocenters. The molecule has 0 radical (unpaired) electrons. The summed E-state index contributed by atoms with van der Waals surface area (Å²) in [5.41, 5.74) is 4.24. The third kappa shape index (κ3) is 2.60.